The summed E-state index contributed by atoms with van der Waals surface area (Å²) in [6, 6.07) is 15.4. The standard InChI is InChI=1S/C21H20ClN3O2/c1-24(21(26)17-9-16-5-2-3-8-20(16)27-14-17)12-15-11-23-25(13-15)19-7-4-6-18(22)10-19/h2-8,10-11,13,17H,9,12,14H2,1H3/t17-/m1/s1. The lowest BCUT2D eigenvalue weighted by Gasteiger charge is -2.28. The molecule has 4 rings (SSSR count). The summed E-state index contributed by atoms with van der Waals surface area (Å²) >= 11 is 6.04. The Kier molecular flexibility index (Phi) is 4.86. The van der Waals surface area contributed by atoms with Crippen LogP contribution in [0.5, 0.6) is 5.75 Å². The van der Waals surface area contributed by atoms with Crippen molar-refractivity contribution in [2.45, 2.75) is 13.0 Å². The van der Waals surface area contributed by atoms with E-state index in [9.17, 15) is 4.79 Å². The van der Waals surface area contributed by atoms with E-state index >= 15 is 0 Å². The van der Waals surface area contributed by atoms with Gasteiger partial charge in [0, 0.05) is 30.4 Å². The Hall–Kier alpha value is -2.79. The van der Waals surface area contributed by atoms with Crippen molar-refractivity contribution in [2.24, 2.45) is 5.92 Å². The van der Waals surface area contributed by atoms with E-state index in [0.29, 0.717) is 24.6 Å². The molecule has 0 N–H and O–H groups in total. The summed E-state index contributed by atoms with van der Waals surface area (Å²) in [5.41, 5.74) is 2.94. The Morgan fingerprint density at radius 3 is 3.00 bits per heavy atom. The molecule has 3 aromatic rings. The van der Waals surface area contributed by atoms with Gasteiger partial charge in [-0.3, -0.25) is 4.79 Å². The first-order chi connectivity index (χ1) is 13.1. The van der Waals surface area contributed by atoms with Crippen LogP contribution in [-0.4, -0.2) is 34.2 Å². The molecule has 0 aliphatic carbocycles. The van der Waals surface area contributed by atoms with Crippen molar-refractivity contribution in [3.63, 3.8) is 0 Å². The van der Waals surface area contributed by atoms with Gasteiger partial charge in [0.2, 0.25) is 5.91 Å². The first kappa shape index (κ1) is 17.6. The molecule has 0 saturated heterocycles. The predicted octanol–water partition coefficient (Wildman–Crippen LogP) is 3.74. The molecule has 5 nitrogen and oxygen atoms in total. The molecule has 0 radical (unpaired) electrons. The highest BCUT2D eigenvalue weighted by Crippen LogP contribution is 2.27. The Morgan fingerprint density at radius 2 is 2.15 bits per heavy atom. The molecule has 0 spiro atoms. The zero-order chi connectivity index (χ0) is 18.8. The number of hydrogen-bond acceptors (Lipinski definition) is 3. The lowest BCUT2D eigenvalue weighted by molar-refractivity contribution is -0.136. The van der Waals surface area contributed by atoms with Crippen LogP contribution < -0.4 is 4.74 Å². The quantitative estimate of drug-likeness (QED) is 0.691. The first-order valence-corrected chi connectivity index (χ1v) is 9.23. The topological polar surface area (TPSA) is 47.4 Å². The molecular formula is C21H20ClN3O2. The van der Waals surface area contributed by atoms with Gasteiger partial charge in [-0.2, -0.15) is 5.10 Å². The van der Waals surface area contributed by atoms with Gasteiger partial charge in [0.25, 0.3) is 0 Å². The van der Waals surface area contributed by atoms with E-state index in [-0.39, 0.29) is 11.8 Å². The fourth-order valence-electron chi connectivity index (χ4n) is 3.35. The van der Waals surface area contributed by atoms with Crippen molar-refractivity contribution in [3.05, 3.63) is 77.1 Å². The molecular weight excluding hydrogens is 362 g/mol. The fraction of sp³-hybridized carbons (Fsp3) is 0.238. The second-order valence-corrected chi connectivity index (χ2v) is 7.22. The number of ether oxygens (including phenoxy) is 1. The number of amides is 1. The number of benzene rings is 2. The Morgan fingerprint density at radius 1 is 1.30 bits per heavy atom. The van der Waals surface area contributed by atoms with Crippen LogP contribution in [0.4, 0.5) is 0 Å². The highest BCUT2D eigenvalue weighted by atomic mass is 35.5. The molecule has 138 valence electrons. The molecule has 0 fully saturated rings. The minimum absolute atomic E-state index is 0.0833. The molecule has 0 saturated carbocycles. The Balaban J connectivity index is 1.42. The van der Waals surface area contributed by atoms with Gasteiger partial charge in [-0.25, -0.2) is 4.68 Å². The van der Waals surface area contributed by atoms with Crippen LogP contribution in [0.1, 0.15) is 11.1 Å². The number of aromatic nitrogens is 2. The number of nitrogens with zero attached hydrogens (tertiary/aromatic N) is 3. The molecule has 2 aromatic carbocycles. The van der Waals surface area contributed by atoms with Gasteiger partial charge in [-0.05, 0) is 36.2 Å². The summed E-state index contributed by atoms with van der Waals surface area (Å²) in [7, 11) is 1.82. The van der Waals surface area contributed by atoms with Gasteiger partial charge in [-0.1, -0.05) is 35.9 Å². The average molecular weight is 382 g/mol. The molecule has 6 heteroatoms. The van der Waals surface area contributed by atoms with E-state index in [1.165, 1.54) is 0 Å². The van der Waals surface area contributed by atoms with E-state index in [1.807, 2.05) is 61.8 Å². The van der Waals surface area contributed by atoms with Crippen LogP contribution in [-0.2, 0) is 17.8 Å². The summed E-state index contributed by atoms with van der Waals surface area (Å²) in [4.78, 5) is 14.6. The largest absolute Gasteiger partial charge is 0.492 e. The lowest BCUT2D eigenvalue weighted by Crippen LogP contribution is -2.38. The van der Waals surface area contributed by atoms with Gasteiger partial charge in [0.05, 0.1) is 17.8 Å². The van der Waals surface area contributed by atoms with E-state index in [0.717, 1.165) is 22.6 Å². The number of halogens is 1. The Bertz CT molecular complexity index is 969. The second kappa shape index (κ2) is 7.45. The van der Waals surface area contributed by atoms with Crippen molar-refractivity contribution in [1.82, 2.24) is 14.7 Å². The zero-order valence-electron chi connectivity index (χ0n) is 15.0. The minimum Gasteiger partial charge on any atom is -0.492 e. The van der Waals surface area contributed by atoms with Crippen LogP contribution in [0.15, 0.2) is 60.9 Å². The number of carbonyl (C=O) groups is 1. The monoisotopic (exact) mass is 381 g/mol. The number of hydrogen-bond donors (Lipinski definition) is 0. The van der Waals surface area contributed by atoms with Crippen LogP contribution in [0.3, 0.4) is 0 Å². The molecule has 0 bridgehead atoms. The molecule has 1 atom stereocenters. The summed E-state index contributed by atoms with van der Waals surface area (Å²) < 4.78 is 7.52. The SMILES string of the molecule is CN(Cc1cnn(-c2cccc(Cl)c2)c1)C(=O)[C@H]1COc2ccccc2C1. The summed E-state index contributed by atoms with van der Waals surface area (Å²) in [6.07, 6.45) is 4.40. The Labute approximate surface area is 163 Å². The maximum atomic E-state index is 12.8. The van der Waals surface area contributed by atoms with Gasteiger partial charge < -0.3 is 9.64 Å². The molecule has 0 unspecified atom stereocenters. The summed E-state index contributed by atoms with van der Waals surface area (Å²) in [5, 5.41) is 5.04. The van der Waals surface area contributed by atoms with E-state index in [1.54, 1.807) is 15.8 Å². The highest BCUT2D eigenvalue weighted by molar-refractivity contribution is 6.30. The van der Waals surface area contributed by atoms with Crippen molar-refractivity contribution in [1.29, 1.82) is 0 Å². The minimum atomic E-state index is -0.159. The van der Waals surface area contributed by atoms with Crippen molar-refractivity contribution < 1.29 is 9.53 Å². The number of carbonyl (C=O) groups excluding carboxylic acids is 1. The van der Waals surface area contributed by atoms with Crippen molar-refractivity contribution in [2.75, 3.05) is 13.7 Å². The van der Waals surface area contributed by atoms with Crippen molar-refractivity contribution in [3.8, 4) is 11.4 Å². The summed E-state index contributed by atoms with van der Waals surface area (Å²) in [6.45, 7) is 0.916. The van der Waals surface area contributed by atoms with E-state index in [2.05, 4.69) is 5.10 Å². The number of rotatable bonds is 4. The van der Waals surface area contributed by atoms with E-state index < -0.39 is 0 Å². The molecule has 1 aliphatic rings. The smallest absolute Gasteiger partial charge is 0.229 e. The highest BCUT2D eigenvalue weighted by Gasteiger charge is 2.28. The summed E-state index contributed by atoms with van der Waals surface area (Å²) in [5.74, 6) is 0.805. The molecule has 1 aliphatic heterocycles. The normalized spacial score (nSPS) is 15.7. The van der Waals surface area contributed by atoms with Gasteiger partial charge in [0.1, 0.15) is 12.4 Å². The third-order valence-electron chi connectivity index (χ3n) is 4.73. The third-order valence-corrected chi connectivity index (χ3v) is 4.97. The maximum absolute atomic E-state index is 12.8. The predicted molar refractivity (Wildman–Crippen MR) is 104 cm³/mol. The first-order valence-electron chi connectivity index (χ1n) is 8.85. The van der Waals surface area contributed by atoms with Crippen LogP contribution >= 0.6 is 11.6 Å². The van der Waals surface area contributed by atoms with Crippen LogP contribution in [0, 0.1) is 5.92 Å². The fourth-order valence-corrected chi connectivity index (χ4v) is 3.54. The molecule has 1 aromatic heterocycles. The number of para-hydroxylation sites is 1. The van der Waals surface area contributed by atoms with Gasteiger partial charge >= 0.3 is 0 Å². The molecule has 1 amide bonds. The maximum Gasteiger partial charge on any atom is 0.229 e. The zero-order valence-corrected chi connectivity index (χ0v) is 15.8. The molecule has 2 heterocycles. The van der Waals surface area contributed by atoms with Crippen LogP contribution in [0.25, 0.3) is 5.69 Å². The molecule has 27 heavy (non-hydrogen) atoms. The van der Waals surface area contributed by atoms with Gasteiger partial charge in [0.15, 0.2) is 0 Å². The second-order valence-electron chi connectivity index (χ2n) is 6.79. The lowest BCUT2D eigenvalue weighted by atomic mass is 9.95. The van der Waals surface area contributed by atoms with Crippen LogP contribution in [0.2, 0.25) is 5.02 Å². The van der Waals surface area contributed by atoms with Crippen molar-refractivity contribution >= 4 is 17.5 Å². The van der Waals surface area contributed by atoms with E-state index in [4.69, 9.17) is 16.3 Å². The number of fused-ring (bicyclic) bond motifs is 1. The average Bonchev–Trinajstić information content (AvgIpc) is 3.15. The van der Waals surface area contributed by atoms with Gasteiger partial charge in [-0.15, -0.1) is 0 Å². The third kappa shape index (κ3) is 3.83.